The topological polar surface area (TPSA) is 23.6 Å². The smallest absolute Gasteiger partial charge is 0.156 e. The van der Waals surface area contributed by atoms with Crippen LogP contribution in [0.5, 0.6) is 0 Å². The zero-order chi connectivity index (χ0) is 10.3. The fraction of sp³-hybridized carbons (Fsp3) is 0.250. The highest BCUT2D eigenvalue weighted by Crippen LogP contribution is 2.29. The third kappa shape index (κ3) is 1.31. The van der Waals surface area contributed by atoms with Gasteiger partial charge in [0, 0.05) is 24.7 Å². The average molecular weight is 200 g/mol. The number of ketones is 1. The van der Waals surface area contributed by atoms with Crippen molar-refractivity contribution < 1.29 is 4.79 Å². The first-order valence-electron chi connectivity index (χ1n) is 5.17. The molecule has 0 saturated carbocycles. The van der Waals surface area contributed by atoms with Crippen LogP contribution in [-0.4, -0.2) is 23.9 Å². The molecular weight excluding hydrogens is 188 g/mol. The Morgan fingerprint density at radius 1 is 1.20 bits per heavy atom. The van der Waals surface area contributed by atoms with Crippen LogP contribution in [0.15, 0.2) is 30.5 Å². The molecule has 0 unspecified atom stereocenters. The molecule has 3 nitrogen and oxygen atoms in total. The Morgan fingerprint density at radius 3 is 3.00 bits per heavy atom. The van der Waals surface area contributed by atoms with E-state index in [9.17, 15) is 4.79 Å². The molecule has 0 bridgehead atoms. The van der Waals surface area contributed by atoms with E-state index in [0.29, 0.717) is 18.7 Å². The van der Waals surface area contributed by atoms with Crippen molar-refractivity contribution in [2.75, 3.05) is 18.1 Å². The Bertz CT molecular complexity index is 439. The summed E-state index contributed by atoms with van der Waals surface area (Å²) in [6.45, 7) is 1.30. The number of nitrogens with zero attached hydrogens (tertiary/aromatic N) is 2. The van der Waals surface area contributed by atoms with E-state index in [-0.39, 0.29) is 0 Å². The monoisotopic (exact) mass is 200 g/mol. The van der Waals surface area contributed by atoms with Crippen LogP contribution < -0.4 is 5.01 Å². The highest BCUT2D eigenvalue weighted by Gasteiger charge is 2.25. The van der Waals surface area contributed by atoms with Crippen LogP contribution in [0, 0.1) is 0 Å². The molecular formula is C12H12N2O. The fourth-order valence-corrected chi connectivity index (χ4v) is 2.13. The maximum absolute atomic E-state index is 11.3. The summed E-state index contributed by atoms with van der Waals surface area (Å²) in [7, 11) is 0. The number of rotatable bonds is 0. The van der Waals surface area contributed by atoms with Gasteiger partial charge in [0.25, 0.3) is 0 Å². The maximum atomic E-state index is 11.3. The lowest BCUT2D eigenvalue weighted by Crippen LogP contribution is -2.49. The second kappa shape index (κ2) is 3.12. The predicted molar refractivity (Wildman–Crippen MR) is 59.2 cm³/mol. The molecule has 0 amide bonds. The lowest BCUT2D eigenvalue weighted by molar-refractivity contribution is -0.121. The second-order valence-corrected chi connectivity index (χ2v) is 3.88. The molecule has 2 aliphatic heterocycles. The van der Waals surface area contributed by atoms with E-state index in [1.54, 1.807) is 0 Å². The predicted octanol–water partition coefficient (Wildman–Crippen LogP) is 1.67. The summed E-state index contributed by atoms with van der Waals surface area (Å²) in [6.07, 6.45) is 4.70. The number of hydrogen-bond donors (Lipinski definition) is 0. The number of fused-ring (bicyclic) bond motifs is 3. The summed E-state index contributed by atoms with van der Waals surface area (Å²) in [5.41, 5.74) is 2.43. The molecule has 1 aromatic carbocycles. The zero-order valence-corrected chi connectivity index (χ0v) is 8.39. The van der Waals surface area contributed by atoms with Crippen LogP contribution in [0.4, 0.5) is 5.69 Å². The molecule has 1 fully saturated rings. The standard InChI is InChI=1S/C12H12N2O/c15-11-6-8-14-12-4-2-1-3-10(12)5-7-13(14)9-11/h1-5,7H,6,8-9H2. The summed E-state index contributed by atoms with van der Waals surface area (Å²) < 4.78 is 0. The number of carbonyl (C=O) groups excluding carboxylic acids is 1. The number of hydrogen-bond acceptors (Lipinski definition) is 3. The van der Waals surface area contributed by atoms with E-state index >= 15 is 0 Å². The van der Waals surface area contributed by atoms with Crippen molar-refractivity contribution >= 4 is 17.5 Å². The van der Waals surface area contributed by atoms with Crippen molar-refractivity contribution in [1.29, 1.82) is 0 Å². The highest BCUT2D eigenvalue weighted by molar-refractivity contribution is 5.84. The summed E-state index contributed by atoms with van der Waals surface area (Å²) in [5.74, 6) is 0.315. The first-order chi connectivity index (χ1) is 7.34. The molecule has 3 heteroatoms. The van der Waals surface area contributed by atoms with Gasteiger partial charge in [-0.15, -0.1) is 0 Å². The number of para-hydroxylation sites is 1. The molecule has 2 aliphatic rings. The van der Waals surface area contributed by atoms with Crippen molar-refractivity contribution in [3.63, 3.8) is 0 Å². The summed E-state index contributed by atoms with van der Waals surface area (Å²) in [6, 6.07) is 8.27. The van der Waals surface area contributed by atoms with Crippen LogP contribution in [0.2, 0.25) is 0 Å². The maximum Gasteiger partial charge on any atom is 0.156 e. The minimum absolute atomic E-state index is 0.315. The SMILES string of the molecule is O=C1CCN2c3ccccc3C=CN2C1. The van der Waals surface area contributed by atoms with Gasteiger partial charge in [-0.2, -0.15) is 0 Å². The van der Waals surface area contributed by atoms with E-state index in [0.717, 1.165) is 6.54 Å². The van der Waals surface area contributed by atoms with Crippen LogP contribution in [0.3, 0.4) is 0 Å². The lowest BCUT2D eigenvalue weighted by atomic mass is 10.1. The number of carbonyl (C=O) groups is 1. The van der Waals surface area contributed by atoms with Crippen molar-refractivity contribution in [1.82, 2.24) is 5.01 Å². The Morgan fingerprint density at radius 2 is 2.07 bits per heavy atom. The van der Waals surface area contributed by atoms with E-state index < -0.39 is 0 Å². The van der Waals surface area contributed by atoms with Gasteiger partial charge in [-0.3, -0.25) is 14.8 Å². The van der Waals surface area contributed by atoms with Gasteiger partial charge in [-0.25, -0.2) is 0 Å². The van der Waals surface area contributed by atoms with Crippen molar-refractivity contribution in [2.24, 2.45) is 0 Å². The van der Waals surface area contributed by atoms with Gasteiger partial charge in [-0.1, -0.05) is 18.2 Å². The van der Waals surface area contributed by atoms with Gasteiger partial charge in [0.05, 0.1) is 12.2 Å². The van der Waals surface area contributed by atoms with E-state index in [1.165, 1.54) is 11.3 Å². The minimum atomic E-state index is 0.315. The van der Waals surface area contributed by atoms with Gasteiger partial charge < -0.3 is 0 Å². The second-order valence-electron chi connectivity index (χ2n) is 3.88. The van der Waals surface area contributed by atoms with E-state index in [4.69, 9.17) is 0 Å². The summed E-state index contributed by atoms with van der Waals surface area (Å²) >= 11 is 0. The van der Waals surface area contributed by atoms with Crippen LogP contribution in [-0.2, 0) is 4.79 Å². The molecule has 0 atom stereocenters. The van der Waals surface area contributed by atoms with Crippen molar-refractivity contribution in [3.8, 4) is 0 Å². The van der Waals surface area contributed by atoms with Crippen molar-refractivity contribution in [2.45, 2.75) is 6.42 Å². The third-order valence-electron chi connectivity index (χ3n) is 2.89. The van der Waals surface area contributed by atoms with Crippen LogP contribution in [0.25, 0.3) is 6.08 Å². The number of Topliss-reactive ketones (excluding diaryl/α,β-unsaturated/α-hetero) is 1. The zero-order valence-electron chi connectivity index (χ0n) is 8.39. The normalized spacial score (nSPS) is 18.8. The quantitative estimate of drug-likeness (QED) is 0.636. The van der Waals surface area contributed by atoms with Crippen LogP contribution >= 0.6 is 0 Å². The number of anilines is 1. The fourth-order valence-electron chi connectivity index (χ4n) is 2.13. The molecule has 0 spiro atoms. The van der Waals surface area contributed by atoms with E-state index in [2.05, 4.69) is 23.2 Å². The Balaban J connectivity index is 2.02. The van der Waals surface area contributed by atoms with Gasteiger partial charge in [0.1, 0.15) is 0 Å². The van der Waals surface area contributed by atoms with Gasteiger partial charge in [0.15, 0.2) is 5.78 Å². The van der Waals surface area contributed by atoms with E-state index in [1.807, 2.05) is 23.3 Å². The average Bonchev–Trinajstić information content (AvgIpc) is 2.28. The molecule has 1 saturated heterocycles. The molecule has 15 heavy (non-hydrogen) atoms. The molecule has 0 aliphatic carbocycles. The molecule has 0 N–H and O–H groups in total. The Kier molecular flexibility index (Phi) is 1.78. The summed E-state index contributed by atoms with van der Waals surface area (Å²) in [5, 5.41) is 4.17. The van der Waals surface area contributed by atoms with Gasteiger partial charge >= 0.3 is 0 Å². The molecule has 0 aromatic heterocycles. The first kappa shape index (κ1) is 8.53. The first-order valence-corrected chi connectivity index (χ1v) is 5.17. The number of benzene rings is 1. The van der Waals surface area contributed by atoms with Crippen LogP contribution in [0.1, 0.15) is 12.0 Å². The Labute approximate surface area is 88.6 Å². The highest BCUT2D eigenvalue weighted by atomic mass is 16.1. The minimum Gasteiger partial charge on any atom is -0.298 e. The van der Waals surface area contributed by atoms with Gasteiger partial charge in [0.2, 0.25) is 0 Å². The number of hydrazine groups is 1. The largest absolute Gasteiger partial charge is 0.298 e. The molecule has 0 radical (unpaired) electrons. The van der Waals surface area contributed by atoms with Crippen molar-refractivity contribution in [3.05, 3.63) is 36.0 Å². The van der Waals surface area contributed by atoms with Gasteiger partial charge in [-0.05, 0) is 12.1 Å². The lowest BCUT2D eigenvalue weighted by Gasteiger charge is -2.41. The molecule has 3 rings (SSSR count). The molecule has 76 valence electrons. The third-order valence-corrected chi connectivity index (χ3v) is 2.89. The Hall–Kier alpha value is -1.77. The molecule has 2 heterocycles. The molecule has 1 aromatic rings. The summed E-state index contributed by atoms with van der Waals surface area (Å²) in [4.78, 5) is 11.3.